The van der Waals surface area contributed by atoms with Crippen LogP contribution in [0.15, 0.2) is 84.3 Å². The maximum Gasteiger partial charge on any atom is 0.335 e. The summed E-state index contributed by atoms with van der Waals surface area (Å²) in [7, 11) is 0. The van der Waals surface area contributed by atoms with E-state index in [0.717, 1.165) is 23.8 Å². The van der Waals surface area contributed by atoms with Crippen molar-refractivity contribution >= 4 is 11.9 Å². The molecule has 30 heavy (non-hydrogen) atoms. The third-order valence-corrected chi connectivity index (χ3v) is 3.93. The first-order valence-electron chi connectivity index (χ1n) is 8.76. The minimum absolute atomic E-state index is 0.0716. The lowest BCUT2D eigenvalue weighted by molar-refractivity contribution is -0.144. The SMILES string of the molecule is C=CC(=O)OCOc1ccc(-c2ccc(-c3ccc(OC(=O)C=C)cc3F)o2)cc1. The zero-order chi connectivity index (χ0) is 21.5. The van der Waals surface area contributed by atoms with E-state index in [4.69, 9.17) is 18.6 Å². The van der Waals surface area contributed by atoms with Crippen LogP contribution in [0.1, 0.15) is 0 Å². The molecule has 3 aromatic rings. The lowest BCUT2D eigenvalue weighted by Gasteiger charge is -2.06. The van der Waals surface area contributed by atoms with Gasteiger partial charge in [-0.3, -0.25) is 0 Å². The molecule has 0 saturated carbocycles. The zero-order valence-electron chi connectivity index (χ0n) is 15.8. The van der Waals surface area contributed by atoms with E-state index in [-0.39, 0.29) is 18.1 Å². The fourth-order valence-electron chi connectivity index (χ4n) is 2.48. The lowest BCUT2D eigenvalue weighted by Crippen LogP contribution is -2.07. The predicted octanol–water partition coefficient (Wildman–Crippen LogP) is 4.91. The molecule has 0 aliphatic rings. The number of carbonyl (C=O) groups is 2. The van der Waals surface area contributed by atoms with Crippen LogP contribution < -0.4 is 9.47 Å². The molecular formula is C23H17FO6. The Morgan fingerprint density at radius 2 is 1.57 bits per heavy atom. The molecule has 1 heterocycles. The van der Waals surface area contributed by atoms with Crippen LogP contribution in [0.2, 0.25) is 0 Å². The van der Waals surface area contributed by atoms with Crippen molar-refractivity contribution in [3.05, 3.63) is 85.7 Å². The van der Waals surface area contributed by atoms with Gasteiger partial charge in [-0.2, -0.15) is 0 Å². The molecule has 0 bridgehead atoms. The molecule has 0 unspecified atom stereocenters. The summed E-state index contributed by atoms with van der Waals surface area (Å²) >= 11 is 0. The van der Waals surface area contributed by atoms with Gasteiger partial charge in [-0.25, -0.2) is 14.0 Å². The molecule has 0 saturated heterocycles. The van der Waals surface area contributed by atoms with Crippen molar-refractivity contribution in [1.82, 2.24) is 0 Å². The average Bonchev–Trinajstić information content (AvgIpc) is 3.24. The van der Waals surface area contributed by atoms with Gasteiger partial charge in [0.2, 0.25) is 6.79 Å². The molecule has 0 spiro atoms. The van der Waals surface area contributed by atoms with E-state index >= 15 is 0 Å². The normalized spacial score (nSPS) is 10.2. The molecule has 2 aromatic carbocycles. The molecule has 0 aliphatic carbocycles. The number of hydrogen-bond donors (Lipinski definition) is 0. The molecule has 0 N–H and O–H groups in total. The predicted molar refractivity (Wildman–Crippen MR) is 107 cm³/mol. The monoisotopic (exact) mass is 408 g/mol. The summed E-state index contributed by atoms with van der Waals surface area (Å²) in [6.07, 6.45) is 2.04. The van der Waals surface area contributed by atoms with E-state index in [1.807, 2.05) is 0 Å². The van der Waals surface area contributed by atoms with Crippen LogP contribution in [-0.4, -0.2) is 18.7 Å². The molecule has 0 fully saturated rings. The number of esters is 2. The first-order chi connectivity index (χ1) is 14.5. The maximum atomic E-state index is 14.4. The number of halogens is 1. The van der Waals surface area contributed by atoms with Crippen LogP contribution in [0.5, 0.6) is 11.5 Å². The van der Waals surface area contributed by atoms with E-state index in [2.05, 4.69) is 13.2 Å². The lowest BCUT2D eigenvalue weighted by atomic mass is 10.1. The number of furan rings is 1. The fraction of sp³-hybridized carbons (Fsp3) is 0.0435. The van der Waals surface area contributed by atoms with Crippen LogP contribution in [0.4, 0.5) is 4.39 Å². The summed E-state index contributed by atoms with van der Waals surface area (Å²) in [5, 5.41) is 0. The number of benzene rings is 2. The van der Waals surface area contributed by atoms with E-state index in [0.29, 0.717) is 17.3 Å². The maximum absolute atomic E-state index is 14.4. The highest BCUT2D eigenvalue weighted by molar-refractivity contribution is 5.83. The molecule has 0 amide bonds. The number of rotatable bonds is 8. The van der Waals surface area contributed by atoms with Crippen molar-refractivity contribution in [2.45, 2.75) is 0 Å². The first-order valence-corrected chi connectivity index (χ1v) is 8.76. The molecular weight excluding hydrogens is 391 g/mol. The first kappa shape index (κ1) is 20.6. The minimum Gasteiger partial charge on any atom is -0.457 e. The van der Waals surface area contributed by atoms with Gasteiger partial charge in [0.15, 0.2) is 0 Å². The fourth-order valence-corrected chi connectivity index (χ4v) is 2.48. The van der Waals surface area contributed by atoms with Crippen LogP contribution in [0.3, 0.4) is 0 Å². The van der Waals surface area contributed by atoms with Gasteiger partial charge in [0.1, 0.15) is 28.8 Å². The number of hydrogen-bond acceptors (Lipinski definition) is 6. The highest BCUT2D eigenvalue weighted by Crippen LogP contribution is 2.32. The Kier molecular flexibility index (Phi) is 6.44. The number of ether oxygens (including phenoxy) is 3. The van der Waals surface area contributed by atoms with Gasteiger partial charge in [-0.05, 0) is 48.5 Å². The van der Waals surface area contributed by atoms with Gasteiger partial charge >= 0.3 is 11.9 Å². The highest BCUT2D eigenvalue weighted by atomic mass is 19.1. The second-order valence-corrected chi connectivity index (χ2v) is 5.88. The van der Waals surface area contributed by atoms with Crippen molar-refractivity contribution in [2.75, 3.05) is 6.79 Å². The number of carbonyl (C=O) groups excluding carboxylic acids is 2. The summed E-state index contributed by atoms with van der Waals surface area (Å²) in [4.78, 5) is 22.2. The summed E-state index contributed by atoms with van der Waals surface area (Å²) < 4.78 is 35.1. The molecule has 0 aliphatic heterocycles. The average molecular weight is 408 g/mol. The van der Waals surface area contributed by atoms with Crippen LogP contribution >= 0.6 is 0 Å². The van der Waals surface area contributed by atoms with Crippen molar-refractivity contribution in [3.8, 4) is 34.1 Å². The van der Waals surface area contributed by atoms with Crippen molar-refractivity contribution in [1.29, 1.82) is 0 Å². The molecule has 1 aromatic heterocycles. The van der Waals surface area contributed by atoms with Crippen molar-refractivity contribution in [2.24, 2.45) is 0 Å². The van der Waals surface area contributed by atoms with E-state index in [9.17, 15) is 14.0 Å². The Labute approximate surface area is 171 Å². The van der Waals surface area contributed by atoms with E-state index in [1.54, 1.807) is 36.4 Å². The molecule has 0 radical (unpaired) electrons. The third kappa shape index (κ3) is 5.02. The van der Waals surface area contributed by atoms with Gasteiger partial charge in [0, 0.05) is 23.8 Å². The molecule has 6 nitrogen and oxygen atoms in total. The van der Waals surface area contributed by atoms with Crippen LogP contribution in [0.25, 0.3) is 22.6 Å². The Morgan fingerprint density at radius 3 is 2.23 bits per heavy atom. The van der Waals surface area contributed by atoms with E-state index < -0.39 is 17.8 Å². The molecule has 3 rings (SSSR count). The summed E-state index contributed by atoms with van der Waals surface area (Å²) in [5.74, 6) is -0.428. The van der Waals surface area contributed by atoms with E-state index in [1.165, 1.54) is 12.1 Å². The molecule has 7 heteroatoms. The third-order valence-electron chi connectivity index (χ3n) is 3.93. The van der Waals surface area contributed by atoms with Crippen molar-refractivity contribution < 1.29 is 32.6 Å². The Morgan fingerprint density at radius 1 is 0.900 bits per heavy atom. The van der Waals surface area contributed by atoms with Gasteiger partial charge in [0.05, 0.1) is 5.56 Å². The molecule has 152 valence electrons. The second kappa shape index (κ2) is 9.38. The highest BCUT2D eigenvalue weighted by Gasteiger charge is 2.13. The van der Waals surface area contributed by atoms with Gasteiger partial charge < -0.3 is 18.6 Å². The van der Waals surface area contributed by atoms with Crippen molar-refractivity contribution in [3.63, 3.8) is 0 Å². The van der Waals surface area contributed by atoms with Gasteiger partial charge in [0.25, 0.3) is 0 Å². The summed E-state index contributed by atoms with van der Waals surface area (Å²) in [5.41, 5.74) is 0.970. The second-order valence-electron chi connectivity index (χ2n) is 5.88. The standard InChI is InChI=1S/C23H17FO6/c1-3-22(25)28-14-27-16-7-5-15(6-8-16)20-11-12-21(30-20)18-10-9-17(13-19(18)24)29-23(26)4-2/h3-13H,1-2,14H2. The quantitative estimate of drug-likeness (QED) is 0.228. The Hall–Kier alpha value is -4.13. The van der Waals surface area contributed by atoms with Crippen LogP contribution in [0, 0.1) is 5.82 Å². The topological polar surface area (TPSA) is 75.0 Å². The zero-order valence-corrected chi connectivity index (χ0v) is 15.8. The minimum atomic E-state index is -0.672. The summed E-state index contributed by atoms with van der Waals surface area (Å²) in [6, 6.07) is 14.3. The molecule has 0 atom stereocenters. The smallest absolute Gasteiger partial charge is 0.335 e. The largest absolute Gasteiger partial charge is 0.457 e. The Balaban J connectivity index is 1.70. The van der Waals surface area contributed by atoms with Crippen LogP contribution in [-0.2, 0) is 14.3 Å². The van der Waals surface area contributed by atoms with Gasteiger partial charge in [-0.1, -0.05) is 13.2 Å². The Bertz CT molecular complexity index is 1080. The summed E-state index contributed by atoms with van der Waals surface area (Å²) in [6.45, 7) is 6.35. The van der Waals surface area contributed by atoms with Gasteiger partial charge in [-0.15, -0.1) is 0 Å².